The Morgan fingerprint density at radius 1 is 1.13 bits per heavy atom. The average Bonchev–Trinajstić information content (AvgIpc) is 2.13. The van der Waals surface area contributed by atoms with E-state index in [1.807, 2.05) is 0 Å². The zero-order chi connectivity index (χ0) is 12.1. The zero-order valence-electron chi connectivity index (χ0n) is 10.8. The van der Waals surface area contributed by atoms with Crippen molar-refractivity contribution in [2.45, 2.75) is 52.2 Å². The maximum absolute atomic E-state index is 9.22. The summed E-state index contributed by atoms with van der Waals surface area (Å²) in [4.78, 5) is 0. The molecule has 0 rings (SSSR count). The molecule has 0 aromatic heterocycles. The standard InChI is InChI=1S/C12H27NO2/c1-9(2)6-12(15-5,7-10(3)4)11(13)8-14/h9-11,14H,6-8,13H2,1-5H3/t11-/m0/s1. The molecule has 0 saturated heterocycles. The summed E-state index contributed by atoms with van der Waals surface area (Å²) < 4.78 is 5.63. The Balaban J connectivity index is 4.74. The van der Waals surface area contributed by atoms with E-state index in [1.165, 1.54) is 0 Å². The van der Waals surface area contributed by atoms with Crippen LogP contribution < -0.4 is 5.73 Å². The summed E-state index contributed by atoms with van der Waals surface area (Å²) in [6.07, 6.45) is 1.78. The van der Waals surface area contributed by atoms with E-state index in [2.05, 4.69) is 27.7 Å². The van der Waals surface area contributed by atoms with Crippen molar-refractivity contribution < 1.29 is 9.84 Å². The van der Waals surface area contributed by atoms with E-state index in [4.69, 9.17) is 10.5 Å². The van der Waals surface area contributed by atoms with Crippen molar-refractivity contribution in [2.24, 2.45) is 17.6 Å². The Bertz CT molecular complexity index is 159. The molecule has 0 radical (unpaired) electrons. The molecule has 0 fully saturated rings. The van der Waals surface area contributed by atoms with E-state index in [9.17, 15) is 5.11 Å². The summed E-state index contributed by atoms with van der Waals surface area (Å²) in [5, 5.41) is 9.22. The van der Waals surface area contributed by atoms with Crippen molar-refractivity contribution in [3.63, 3.8) is 0 Å². The summed E-state index contributed by atoms with van der Waals surface area (Å²) in [5.74, 6) is 1.03. The lowest BCUT2D eigenvalue weighted by atomic mass is 9.80. The van der Waals surface area contributed by atoms with Gasteiger partial charge in [0.25, 0.3) is 0 Å². The third kappa shape index (κ3) is 4.49. The van der Waals surface area contributed by atoms with Crippen molar-refractivity contribution in [1.82, 2.24) is 0 Å². The lowest BCUT2D eigenvalue weighted by molar-refractivity contribution is -0.0714. The van der Waals surface area contributed by atoms with E-state index < -0.39 is 0 Å². The quantitative estimate of drug-likeness (QED) is 0.683. The van der Waals surface area contributed by atoms with Crippen LogP contribution in [0.1, 0.15) is 40.5 Å². The van der Waals surface area contributed by atoms with E-state index in [1.54, 1.807) is 7.11 Å². The number of ether oxygens (including phenoxy) is 1. The van der Waals surface area contributed by atoms with Gasteiger partial charge in [-0.15, -0.1) is 0 Å². The van der Waals surface area contributed by atoms with Crippen LogP contribution in [0, 0.1) is 11.8 Å². The molecule has 0 aliphatic rings. The van der Waals surface area contributed by atoms with Gasteiger partial charge >= 0.3 is 0 Å². The molecule has 0 bridgehead atoms. The molecule has 92 valence electrons. The van der Waals surface area contributed by atoms with Crippen LogP contribution in [0.4, 0.5) is 0 Å². The van der Waals surface area contributed by atoms with Crippen molar-refractivity contribution in [2.75, 3.05) is 13.7 Å². The minimum atomic E-state index is -0.378. The molecule has 0 spiro atoms. The molecule has 0 aromatic rings. The topological polar surface area (TPSA) is 55.5 Å². The smallest absolute Gasteiger partial charge is 0.0856 e. The maximum Gasteiger partial charge on any atom is 0.0856 e. The third-order valence-electron chi connectivity index (χ3n) is 2.79. The van der Waals surface area contributed by atoms with Crippen molar-refractivity contribution in [1.29, 1.82) is 0 Å². The molecule has 0 amide bonds. The number of methoxy groups -OCH3 is 1. The van der Waals surface area contributed by atoms with Gasteiger partial charge in [-0.2, -0.15) is 0 Å². The van der Waals surface area contributed by atoms with Gasteiger partial charge in [0.05, 0.1) is 18.2 Å². The minimum Gasteiger partial charge on any atom is -0.395 e. The Kier molecular flexibility index (Phi) is 6.41. The number of nitrogens with two attached hydrogens (primary N) is 1. The van der Waals surface area contributed by atoms with E-state index >= 15 is 0 Å². The highest BCUT2D eigenvalue weighted by Gasteiger charge is 2.37. The largest absolute Gasteiger partial charge is 0.395 e. The maximum atomic E-state index is 9.22. The third-order valence-corrected chi connectivity index (χ3v) is 2.79. The average molecular weight is 217 g/mol. The van der Waals surface area contributed by atoms with Gasteiger partial charge in [0, 0.05) is 7.11 Å². The number of hydrogen-bond donors (Lipinski definition) is 2. The van der Waals surface area contributed by atoms with Crippen LogP contribution in [-0.4, -0.2) is 30.5 Å². The fourth-order valence-electron chi connectivity index (χ4n) is 2.25. The van der Waals surface area contributed by atoms with Gasteiger partial charge in [0.2, 0.25) is 0 Å². The fraction of sp³-hybridized carbons (Fsp3) is 1.00. The van der Waals surface area contributed by atoms with E-state index in [0.29, 0.717) is 11.8 Å². The zero-order valence-corrected chi connectivity index (χ0v) is 10.8. The molecule has 3 N–H and O–H groups in total. The van der Waals surface area contributed by atoms with Gasteiger partial charge in [0.1, 0.15) is 0 Å². The highest BCUT2D eigenvalue weighted by atomic mass is 16.5. The minimum absolute atomic E-state index is 0.0206. The van der Waals surface area contributed by atoms with Gasteiger partial charge in [0.15, 0.2) is 0 Å². The van der Waals surface area contributed by atoms with Crippen molar-refractivity contribution >= 4 is 0 Å². The molecule has 0 aliphatic heterocycles. The molecule has 0 unspecified atom stereocenters. The van der Waals surface area contributed by atoms with Crippen LogP contribution in [0.2, 0.25) is 0 Å². The monoisotopic (exact) mass is 217 g/mol. The number of hydrogen-bond acceptors (Lipinski definition) is 3. The summed E-state index contributed by atoms with van der Waals surface area (Å²) in [5.41, 5.74) is 5.61. The Morgan fingerprint density at radius 2 is 1.53 bits per heavy atom. The van der Waals surface area contributed by atoms with Crippen molar-refractivity contribution in [3.05, 3.63) is 0 Å². The predicted octanol–water partition coefficient (Wildman–Crippen LogP) is 1.78. The van der Waals surface area contributed by atoms with Gasteiger partial charge in [-0.1, -0.05) is 27.7 Å². The molecule has 0 saturated carbocycles. The second kappa shape index (κ2) is 6.46. The van der Waals surface area contributed by atoms with E-state index in [0.717, 1.165) is 12.8 Å². The van der Waals surface area contributed by atoms with Gasteiger partial charge in [-0.05, 0) is 24.7 Å². The van der Waals surface area contributed by atoms with Gasteiger partial charge < -0.3 is 15.6 Å². The normalized spacial score (nSPS) is 15.0. The van der Waals surface area contributed by atoms with Gasteiger partial charge in [-0.3, -0.25) is 0 Å². The van der Waals surface area contributed by atoms with Crippen LogP contribution >= 0.6 is 0 Å². The first-order chi connectivity index (χ1) is 6.88. The molecule has 1 atom stereocenters. The van der Waals surface area contributed by atoms with Gasteiger partial charge in [-0.25, -0.2) is 0 Å². The molecule has 0 aliphatic carbocycles. The second-order valence-corrected chi connectivity index (χ2v) is 5.25. The first-order valence-electron chi connectivity index (χ1n) is 5.79. The summed E-state index contributed by atoms with van der Waals surface area (Å²) in [6, 6.07) is -0.299. The first kappa shape index (κ1) is 14.9. The van der Waals surface area contributed by atoms with Crippen LogP contribution in [0.25, 0.3) is 0 Å². The first-order valence-corrected chi connectivity index (χ1v) is 5.79. The predicted molar refractivity (Wildman–Crippen MR) is 63.7 cm³/mol. The summed E-state index contributed by atoms with van der Waals surface area (Å²) in [6.45, 7) is 8.58. The highest BCUT2D eigenvalue weighted by molar-refractivity contribution is 4.92. The van der Waals surface area contributed by atoms with Crippen LogP contribution in [0.3, 0.4) is 0 Å². The fourth-order valence-corrected chi connectivity index (χ4v) is 2.25. The molecule has 15 heavy (non-hydrogen) atoms. The summed E-state index contributed by atoms with van der Waals surface area (Å²) in [7, 11) is 1.69. The lowest BCUT2D eigenvalue weighted by Crippen LogP contribution is -2.53. The molecular weight excluding hydrogens is 190 g/mol. The molecule has 0 aromatic carbocycles. The second-order valence-electron chi connectivity index (χ2n) is 5.25. The lowest BCUT2D eigenvalue weighted by Gasteiger charge is -2.39. The van der Waals surface area contributed by atoms with Crippen LogP contribution in [0.5, 0.6) is 0 Å². The molecule has 0 heterocycles. The highest BCUT2D eigenvalue weighted by Crippen LogP contribution is 2.30. The van der Waals surface area contributed by atoms with Crippen LogP contribution in [0.15, 0.2) is 0 Å². The Labute approximate surface area is 94.0 Å². The Hall–Kier alpha value is -0.120. The SMILES string of the molecule is COC(CC(C)C)(CC(C)C)[C@@H](N)CO. The number of aliphatic hydroxyl groups excluding tert-OH is 1. The molecular formula is C12H27NO2. The summed E-state index contributed by atoms with van der Waals surface area (Å²) >= 11 is 0. The number of aliphatic hydroxyl groups is 1. The van der Waals surface area contributed by atoms with Crippen LogP contribution in [-0.2, 0) is 4.74 Å². The molecule has 3 nitrogen and oxygen atoms in total. The Morgan fingerprint density at radius 3 is 1.73 bits per heavy atom. The van der Waals surface area contributed by atoms with E-state index in [-0.39, 0.29) is 18.2 Å². The van der Waals surface area contributed by atoms with Crippen molar-refractivity contribution in [3.8, 4) is 0 Å². The number of rotatable bonds is 7. The molecule has 3 heteroatoms.